The molecule has 0 unspecified atom stereocenters. The zero-order chi connectivity index (χ0) is 19.9. The molecule has 6 heteroatoms. The van der Waals surface area contributed by atoms with Gasteiger partial charge in [-0.15, -0.1) is 0 Å². The molecule has 2 N–H and O–H groups in total. The van der Waals surface area contributed by atoms with Crippen LogP contribution in [0.5, 0.6) is 0 Å². The summed E-state index contributed by atoms with van der Waals surface area (Å²) in [5.74, 6) is 0.618. The molecule has 0 radical (unpaired) electrons. The van der Waals surface area contributed by atoms with E-state index in [2.05, 4.69) is 36.3 Å². The van der Waals surface area contributed by atoms with Crippen LogP contribution in [0.2, 0.25) is 0 Å². The van der Waals surface area contributed by atoms with Crippen LogP contribution >= 0.6 is 0 Å². The maximum Gasteiger partial charge on any atom is 0.319 e. The Balaban J connectivity index is 1.47. The van der Waals surface area contributed by atoms with E-state index in [1.54, 1.807) is 0 Å². The maximum atomic E-state index is 12.4. The van der Waals surface area contributed by atoms with Crippen LogP contribution in [0.3, 0.4) is 0 Å². The van der Waals surface area contributed by atoms with E-state index in [1.807, 2.05) is 24.3 Å². The van der Waals surface area contributed by atoms with Crippen molar-refractivity contribution in [1.29, 1.82) is 0 Å². The van der Waals surface area contributed by atoms with Gasteiger partial charge in [0.2, 0.25) is 0 Å². The number of nitrogens with zero attached hydrogens (tertiary/aromatic N) is 1. The highest BCUT2D eigenvalue weighted by Crippen LogP contribution is 2.28. The van der Waals surface area contributed by atoms with Crippen molar-refractivity contribution >= 4 is 17.4 Å². The van der Waals surface area contributed by atoms with Gasteiger partial charge in [0.25, 0.3) is 0 Å². The molecule has 1 aliphatic carbocycles. The predicted molar refractivity (Wildman–Crippen MR) is 113 cm³/mol. The molecule has 4 atom stereocenters. The summed E-state index contributed by atoms with van der Waals surface area (Å²) < 4.78 is 11.8. The normalized spacial score (nSPS) is 28.0. The van der Waals surface area contributed by atoms with Gasteiger partial charge < -0.3 is 25.0 Å². The van der Waals surface area contributed by atoms with Crippen LogP contribution in [0.15, 0.2) is 24.3 Å². The molecular weight excluding hydrogens is 354 g/mol. The van der Waals surface area contributed by atoms with Crippen LogP contribution in [0.4, 0.5) is 16.2 Å². The zero-order valence-electron chi connectivity index (χ0n) is 17.4. The van der Waals surface area contributed by atoms with Crippen molar-refractivity contribution in [2.75, 3.05) is 36.5 Å². The fourth-order valence-electron chi connectivity index (χ4n) is 4.30. The Morgan fingerprint density at radius 3 is 2.61 bits per heavy atom. The molecule has 2 amide bonds. The van der Waals surface area contributed by atoms with Gasteiger partial charge in [-0.25, -0.2) is 4.79 Å². The van der Waals surface area contributed by atoms with Crippen molar-refractivity contribution in [3.8, 4) is 0 Å². The Hall–Kier alpha value is -1.79. The lowest BCUT2D eigenvalue weighted by Gasteiger charge is -2.37. The molecule has 28 heavy (non-hydrogen) atoms. The molecule has 0 aromatic heterocycles. The summed E-state index contributed by atoms with van der Waals surface area (Å²) in [6.45, 7) is 9.13. The van der Waals surface area contributed by atoms with Gasteiger partial charge in [-0.3, -0.25) is 0 Å². The second-order valence-corrected chi connectivity index (χ2v) is 8.23. The first-order valence-electron chi connectivity index (χ1n) is 10.7. The maximum absolute atomic E-state index is 12.4. The first-order chi connectivity index (χ1) is 13.5. The van der Waals surface area contributed by atoms with E-state index in [9.17, 15) is 4.79 Å². The first-order valence-corrected chi connectivity index (χ1v) is 10.7. The van der Waals surface area contributed by atoms with Crippen LogP contribution in [-0.2, 0) is 9.47 Å². The summed E-state index contributed by atoms with van der Waals surface area (Å²) in [5, 5.41) is 5.91. The minimum atomic E-state index is -0.193. The van der Waals surface area contributed by atoms with Gasteiger partial charge in [-0.2, -0.15) is 0 Å². The predicted octanol–water partition coefficient (Wildman–Crippen LogP) is 4.02. The second kappa shape index (κ2) is 10.1. The van der Waals surface area contributed by atoms with E-state index in [0.717, 1.165) is 30.9 Å². The van der Waals surface area contributed by atoms with Crippen molar-refractivity contribution in [1.82, 2.24) is 5.32 Å². The number of anilines is 2. The molecule has 1 saturated heterocycles. The van der Waals surface area contributed by atoms with Gasteiger partial charge in [0.1, 0.15) is 0 Å². The molecule has 1 heterocycles. The van der Waals surface area contributed by atoms with E-state index in [-0.39, 0.29) is 18.2 Å². The zero-order valence-corrected chi connectivity index (χ0v) is 17.4. The van der Waals surface area contributed by atoms with Crippen molar-refractivity contribution in [2.24, 2.45) is 5.92 Å². The quantitative estimate of drug-likeness (QED) is 0.722. The highest BCUT2D eigenvalue weighted by Gasteiger charge is 2.24. The Labute approximate surface area is 169 Å². The summed E-state index contributed by atoms with van der Waals surface area (Å²) in [6, 6.07) is 7.75. The Bertz CT molecular complexity index is 629. The molecule has 6 nitrogen and oxygen atoms in total. The van der Waals surface area contributed by atoms with Gasteiger partial charge in [-0.1, -0.05) is 31.9 Å². The van der Waals surface area contributed by atoms with Gasteiger partial charge in [0, 0.05) is 19.6 Å². The van der Waals surface area contributed by atoms with Crippen molar-refractivity contribution in [3.63, 3.8) is 0 Å². The molecule has 0 spiro atoms. The van der Waals surface area contributed by atoms with Crippen LogP contribution in [0.1, 0.15) is 46.5 Å². The standard InChI is InChI=1S/C22H35N3O3/c1-16-8-4-7-11-21(16)27-13-12-23-22(26)24-19-9-5-6-10-20(19)25-14-17(2)28-18(3)15-25/h5-6,9-10,16-18,21H,4,7-8,11-15H2,1-3H3,(H2,23,24,26)/t16-,17-,18+,21-/m1/s1. The van der Waals surface area contributed by atoms with Crippen LogP contribution in [0, 0.1) is 5.92 Å². The highest BCUT2D eigenvalue weighted by molar-refractivity contribution is 5.93. The lowest BCUT2D eigenvalue weighted by Crippen LogP contribution is -2.46. The fourth-order valence-corrected chi connectivity index (χ4v) is 4.30. The van der Waals surface area contributed by atoms with Crippen molar-refractivity contribution in [2.45, 2.75) is 64.8 Å². The van der Waals surface area contributed by atoms with Crippen LogP contribution in [0.25, 0.3) is 0 Å². The third-order valence-corrected chi connectivity index (χ3v) is 5.66. The average molecular weight is 390 g/mol. The lowest BCUT2D eigenvalue weighted by molar-refractivity contribution is -0.00518. The number of amides is 2. The van der Waals surface area contributed by atoms with E-state index in [1.165, 1.54) is 19.3 Å². The topological polar surface area (TPSA) is 62.8 Å². The number of carbonyl (C=O) groups excluding carboxylic acids is 1. The average Bonchev–Trinajstić information content (AvgIpc) is 2.66. The summed E-state index contributed by atoms with van der Waals surface area (Å²) in [6.07, 6.45) is 5.62. The molecule has 1 saturated carbocycles. The molecule has 156 valence electrons. The Morgan fingerprint density at radius 1 is 1.14 bits per heavy atom. The fraction of sp³-hybridized carbons (Fsp3) is 0.682. The van der Waals surface area contributed by atoms with E-state index in [4.69, 9.17) is 9.47 Å². The molecule has 0 bridgehead atoms. The Morgan fingerprint density at radius 2 is 1.86 bits per heavy atom. The molecule has 2 aliphatic rings. The number of rotatable bonds is 6. The number of benzene rings is 1. The van der Waals surface area contributed by atoms with Gasteiger partial charge >= 0.3 is 6.03 Å². The first kappa shape index (κ1) is 20.9. The molecule has 1 aromatic rings. The molecule has 1 aliphatic heterocycles. The SMILES string of the molecule is C[C@@H]1CN(c2ccccc2NC(=O)NCCO[C@@H]2CCCC[C@H]2C)C[C@H](C)O1. The molecule has 2 fully saturated rings. The van der Waals surface area contributed by atoms with E-state index < -0.39 is 0 Å². The number of hydrogen-bond donors (Lipinski definition) is 2. The summed E-state index contributed by atoms with van der Waals surface area (Å²) in [4.78, 5) is 14.7. The lowest BCUT2D eigenvalue weighted by atomic mass is 9.88. The minimum absolute atomic E-state index is 0.171. The number of ether oxygens (including phenoxy) is 2. The number of nitrogens with one attached hydrogen (secondary N) is 2. The number of morpholine rings is 1. The van der Waals surface area contributed by atoms with Gasteiger partial charge in [0.05, 0.1) is 36.3 Å². The smallest absolute Gasteiger partial charge is 0.319 e. The number of hydrogen-bond acceptors (Lipinski definition) is 4. The summed E-state index contributed by atoms with van der Waals surface area (Å²) in [7, 11) is 0. The second-order valence-electron chi connectivity index (χ2n) is 8.23. The third kappa shape index (κ3) is 5.85. The van der Waals surface area contributed by atoms with Crippen molar-refractivity contribution in [3.05, 3.63) is 24.3 Å². The Kier molecular flexibility index (Phi) is 7.57. The monoisotopic (exact) mass is 389 g/mol. The molecular formula is C22H35N3O3. The third-order valence-electron chi connectivity index (χ3n) is 5.66. The van der Waals surface area contributed by atoms with Crippen LogP contribution < -0.4 is 15.5 Å². The van der Waals surface area contributed by atoms with E-state index in [0.29, 0.717) is 25.2 Å². The summed E-state index contributed by atoms with van der Waals surface area (Å²) in [5.41, 5.74) is 1.86. The van der Waals surface area contributed by atoms with E-state index >= 15 is 0 Å². The minimum Gasteiger partial charge on any atom is -0.376 e. The molecule has 1 aromatic carbocycles. The largest absolute Gasteiger partial charge is 0.376 e. The number of urea groups is 1. The number of para-hydroxylation sites is 2. The highest BCUT2D eigenvalue weighted by atomic mass is 16.5. The van der Waals surface area contributed by atoms with Gasteiger partial charge in [-0.05, 0) is 44.7 Å². The van der Waals surface area contributed by atoms with Crippen LogP contribution in [-0.4, -0.2) is 50.6 Å². The molecule has 3 rings (SSSR count). The van der Waals surface area contributed by atoms with Gasteiger partial charge in [0.15, 0.2) is 0 Å². The van der Waals surface area contributed by atoms with Crippen molar-refractivity contribution < 1.29 is 14.3 Å². The summed E-state index contributed by atoms with van der Waals surface area (Å²) >= 11 is 0. The number of carbonyl (C=O) groups is 1.